The highest BCUT2D eigenvalue weighted by Gasteiger charge is 2.20. The molecule has 106 valence electrons. The molecule has 0 saturated carbocycles. The summed E-state index contributed by atoms with van der Waals surface area (Å²) in [7, 11) is 3.43. The number of nitrogens with zero attached hydrogens (tertiary/aromatic N) is 2. The minimum atomic E-state index is -0.164. The molecule has 6 heteroatoms. The van der Waals surface area contributed by atoms with Gasteiger partial charge in [-0.25, -0.2) is 0 Å². The zero-order chi connectivity index (χ0) is 15.0. The van der Waals surface area contributed by atoms with Crippen LogP contribution in [0.25, 0.3) is 0 Å². The van der Waals surface area contributed by atoms with Crippen LogP contribution in [0.2, 0.25) is 10.2 Å². The van der Waals surface area contributed by atoms with Gasteiger partial charge in [-0.3, -0.25) is 4.79 Å². The van der Waals surface area contributed by atoms with E-state index < -0.39 is 0 Å². The van der Waals surface area contributed by atoms with E-state index in [-0.39, 0.29) is 5.91 Å². The molecule has 1 amide bonds. The number of benzene rings is 1. The molecule has 0 fully saturated rings. The Bertz CT molecular complexity index is 682. The zero-order valence-corrected chi connectivity index (χ0v) is 14.3. The third-order valence-corrected chi connectivity index (χ3v) is 4.90. The van der Waals surface area contributed by atoms with Gasteiger partial charge in [-0.05, 0) is 36.8 Å². The molecule has 0 bridgehead atoms. The van der Waals surface area contributed by atoms with Crippen molar-refractivity contribution in [2.45, 2.75) is 6.92 Å². The van der Waals surface area contributed by atoms with Crippen molar-refractivity contribution in [1.82, 2.24) is 4.57 Å². The first-order valence-corrected chi connectivity index (χ1v) is 7.42. The monoisotopic (exact) mass is 374 g/mol. The standard InChI is InChI=1S/C14H13BrCl2N2O/c1-8-6-9(4-5-10(8)15)18(2)14(20)12-7-11(16)13(17)19(12)3/h4-7H,1-3H3. The maximum absolute atomic E-state index is 12.5. The lowest BCUT2D eigenvalue weighted by Gasteiger charge is -2.18. The van der Waals surface area contributed by atoms with Gasteiger partial charge in [-0.15, -0.1) is 0 Å². The van der Waals surface area contributed by atoms with Gasteiger partial charge in [0.15, 0.2) is 0 Å². The molecular formula is C14H13BrCl2N2O. The number of hydrogen-bond donors (Lipinski definition) is 0. The van der Waals surface area contributed by atoms with Gasteiger partial charge in [-0.1, -0.05) is 39.1 Å². The lowest BCUT2D eigenvalue weighted by atomic mass is 10.2. The van der Waals surface area contributed by atoms with Crippen molar-refractivity contribution in [2.24, 2.45) is 7.05 Å². The molecule has 0 aliphatic carbocycles. The molecule has 2 aromatic rings. The molecule has 1 aromatic heterocycles. The number of aromatic nitrogens is 1. The molecule has 20 heavy (non-hydrogen) atoms. The van der Waals surface area contributed by atoms with E-state index >= 15 is 0 Å². The molecule has 3 nitrogen and oxygen atoms in total. The fraction of sp³-hybridized carbons (Fsp3) is 0.214. The number of anilines is 1. The number of aryl methyl sites for hydroxylation is 1. The number of halogens is 3. The topological polar surface area (TPSA) is 25.2 Å². The number of carbonyl (C=O) groups is 1. The van der Waals surface area contributed by atoms with Gasteiger partial charge in [0.05, 0.1) is 5.02 Å². The highest BCUT2D eigenvalue weighted by atomic mass is 79.9. The second-order valence-electron chi connectivity index (χ2n) is 4.52. The van der Waals surface area contributed by atoms with Crippen LogP contribution >= 0.6 is 39.1 Å². The molecule has 0 atom stereocenters. The third kappa shape index (κ3) is 2.73. The van der Waals surface area contributed by atoms with Crippen molar-refractivity contribution in [1.29, 1.82) is 0 Å². The molecule has 0 radical (unpaired) electrons. The Kier molecular flexibility index (Phi) is 4.47. The van der Waals surface area contributed by atoms with E-state index in [1.54, 1.807) is 29.6 Å². The lowest BCUT2D eigenvalue weighted by molar-refractivity contribution is 0.0985. The van der Waals surface area contributed by atoms with Crippen LogP contribution < -0.4 is 4.90 Å². The predicted molar refractivity (Wildman–Crippen MR) is 87.0 cm³/mol. The van der Waals surface area contributed by atoms with E-state index in [1.807, 2.05) is 25.1 Å². The number of carbonyl (C=O) groups excluding carboxylic acids is 1. The van der Waals surface area contributed by atoms with Crippen molar-refractivity contribution in [3.8, 4) is 0 Å². The summed E-state index contributed by atoms with van der Waals surface area (Å²) in [6.07, 6.45) is 0. The summed E-state index contributed by atoms with van der Waals surface area (Å²) < 4.78 is 2.58. The molecule has 2 rings (SSSR count). The molecule has 1 heterocycles. The second kappa shape index (κ2) is 5.80. The Balaban J connectivity index is 2.37. The fourth-order valence-corrected chi connectivity index (χ4v) is 2.50. The van der Waals surface area contributed by atoms with Crippen molar-refractivity contribution >= 4 is 50.7 Å². The minimum Gasteiger partial charge on any atom is -0.329 e. The Morgan fingerprint density at radius 3 is 2.45 bits per heavy atom. The molecule has 0 N–H and O–H groups in total. The summed E-state index contributed by atoms with van der Waals surface area (Å²) >= 11 is 15.4. The predicted octanol–water partition coefficient (Wildman–Crippen LogP) is 4.68. The highest BCUT2D eigenvalue weighted by Crippen LogP contribution is 2.28. The van der Waals surface area contributed by atoms with Gasteiger partial charge in [0.1, 0.15) is 10.8 Å². The van der Waals surface area contributed by atoms with Crippen LogP contribution in [-0.4, -0.2) is 17.5 Å². The minimum absolute atomic E-state index is 0.164. The largest absolute Gasteiger partial charge is 0.329 e. The number of rotatable bonds is 2. The molecule has 0 aliphatic rings. The highest BCUT2D eigenvalue weighted by molar-refractivity contribution is 9.10. The quantitative estimate of drug-likeness (QED) is 0.748. The summed E-state index contributed by atoms with van der Waals surface area (Å²) in [4.78, 5) is 14.1. The molecular weight excluding hydrogens is 363 g/mol. The Hall–Kier alpha value is -0.970. The van der Waals surface area contributed by atoms with Crippen LogP contribution in [0.4, 0.5) is 5.69 Å². The van der Waals surface area contributed by atoms with E-state index in [2.05, 4.69) is 15.9 Å². The molecule has 0 saturated heterocycles. The Labute approximate surface area is 136 Å². The number of hydrogen-bond acceptors (Lipinski definition) is 1. The third-order valence-electron chi connectivity index (χ3n) is 3.17. The van der Waals surface area contributed by atoms with E-state index in [0.29, 0.717) is 15.9 Å². The van der Waals surface area contributed by atoms with Crippen LogP contribution in [0, 0.1) is 6.92 Å². The maximum Gasteiger partial charge on any atom is 0.274 e. The summed E-state index contributed by atoms with van der Waals surface area (Å²) in [5.41, 5.74) is 2.32. The van der Waals surface area contributed by atoms with Gasteiger partial charge in [0, 0.05) is 24.3 Å². The van der Waals surface area contributed by atoms with Crippen molar-refractivity contribution in [3.63, 3.8) is 0 Å². The van der Waals surface area contributed by atoms with E-state index in [4.69, 9.17) is 23.2 Å². The zero-order valence-electron chi connectivity index (χ0n) is 11.2. The lowest BCUT2D eigenvalue weighted by Crippen LogP contribution is -2.28. The maximum atomic E-state index is 12.5. The van der Waals surface area contributed by atoms with Crippen LogP contribution in [0.1, 0.15) is 16.1 Å². The van der Waals surface area contributed by atoms with Crippen molar-refractivity contribution < 1.29 is 4.79 Å². The van der Waals surface area contributed by atoms with Gasteiger partial charge in [0.2, 0.25) is 0 Å². The fourth-order valence-electron chi connectivity index (χ4n) is 1.87. The SMILES string of the molecule is Cc1cc(N(C)C(=O)c2cc(Cl)c(Cl)n2C)ccc1Br. The smallest absolute Gasteiger partial charge is 0.274 e. The van der Waals surface area contributed by atoms with Gasteiger partial charge in [-0.2, -0.15) is 0 Å². The summed E-state index contributed by atoms with van der Waals surface area (Å²) in [6.45, 7) is 1.97. The van der Waals surface area contributed by atoms with E-state index in [9.17, 15) is 4.79 Å². The first-order chi connectivity index (χ1) is 9.32. The van der Waals surface area contributed by atoms with Crippen LogP contribution in [0.3, 0.4) is 0 Å². The Morgan fingerprint density at radius 2 is 1.95 bits per heavy atom. The number of amides is 1. The molecule has 0 unspecified atom stereocenters. The van der Waals surface area contributed by atoms with Crippen molar-refractivity contribution in [3.05, 3.63) is 50.2 Å². The Morgan fingerprint density at radius 1 is 1.30 bits per heavy atom. The normalized spacial score (nSPS) is 10.7. The average molecular weight is 376 g/mol. The van der Waals surface area contributed by atoms with Crippen molar-refractivity contribution in [2.75, 3.05) is 11.9 Å². The van der Waals surface area contributed by atoms with Gasteiger partial charge in [0.25, 0.3) is 5.91 Å². The summed E-state index contributed by atoms with van der Waals surface area (Å²) in [5, 5.41) is 0.730. The van der Waals surface area contributed by atoms with Crippen LogP contribution in [0.5, 0.6) is 0 Å². The summed E-state index contributed by atoms with van der Waals surface area (Å²) in [5.74, 6) is -0.164. The average Bonchev–Trinajstić information content (AvgIpc) is 2.68. The molecule has 0 aliphatic heterocycles. The van der Waals surface area contributed by atoms with Gasteiger partial charge >= 0.3 is 0 Å². The summed E-state index contributed by atoms with van der Waals surface area (Å²) in [6, 6.07) is 7.31. The van der Waals surface area contributed by atoms with Gasteiger partial charge < -0.3 is 9.47 Å². The molecule has 0 spiro atoms. The van der Waals surface area contributed by atoms with E-state index in [1.165, 1.54) is 0 Å². The second-order valence-corrected chi connectivity index (χ2v) is 6.14. The van der Waals surface area contributed by atoms with E-state index in [0.717, 1.165) is 15.7 Å². The van der Waals surface area contributed by atoms with Crippen LogP contribution in [-0.2, 0) is 7.05 Å². The van der Waals surface area contributed by atoms with Crippen LogP contribution in [0.15, 0.2) is 28.7 Å². The first-order valence-electron chi connectivity index (χ1n) is 5.88. The first kappa shape index (κ1) is 15.4. The molecule has 1 aromatic carbocycles.